The highest BCUT2D eigenvalue weighted by Crippen LogP contribution is 2.34. The molecule has 2 aromatic heterocycles. The molecule has 1 aromatic carbocycles. The highest BCUT2D eigenvalue weighted by atomic mass is 16.1. The minimum atomic E-state index is 0.0871. The normalized spacial score (nSPS) is 16.8. The van der Waals surface area contributed by atoms with Gasteiger partial charge in [-0.15, -0.1) is 0 Å². The van der Waals surface area contributed by atoms with E-state index in [0.29, 0.717) is 13.0 Å². The average Bonchev–Trinajstić information content (AvgIpc) is 3.13. The maximum Gasteiger partial charge on any atom is 0.222 e. The van der Waals surface area contributed by atoms with Gasteiger partial charge in [0.2, 0.25) is 5.91 Å². The Bertz CT molecular complexity index is 921. The molecule has 4 rings (SSSR count). The van der Waals surface area contributed by atoms with Gasteiger partial charge in [0.1, 0.15) is 0 Å². The third-order valence-electron chi connectivity index (χ3n) is 5.10. The van der Waals surface area contributed by atoms with E-state index in [1.807, 2.05) is 30.7 Å². The second-order valence-electron chi connectivity index (χ2n) is 6.98. The predicted molar refractivity (Wildman–Crippen MR) is 98.4 cm³/mol. The van der Waals surface area contributed by atoms with Gasteiger partial charge < -0.3 is 10.3 Å². The molecular formula is C20H24N4O. The van der Waals surface area contributed by atoms with Crippen molar-refractivity contribution < 1.29 is 4.79 Å². The first-order valence-corrected chi connectivity index (χ1v) is 9.01. The van der Waals surface area contributed by atoms with Crippen molar-refractivity contribution in [2.75, 3.05) is 0 Å². The zero-order valence-corrected chi connectivity index (χ0v) is 14.8. The van der Waals surface area contributed by atoms with Crippen LogP contribution in [0.1, 0.15) is 47.9 Å². The molecule has 0 saturated heterocycles. The number of hydrogen-bond donors (Lipinski definition) is 2. The number of para-hydroxylation sites is 1. The fraction of sp³-hybridized carbons (Fsp3) is 0.400. The monoisotopic (exact) mass is 336 g/mol. The lowest BCUT2D eigenvalue weighted by Gasteiger charge is -2.24. The molecule has 1 amide bonds. The Hall–Kier alpha value is -2.56. The Morgan fingerprint density at radius 1 is 1.36 bits per heavy atom. The third kappa shape index (κ3) is 3.06. The molecule has 0 aliphatic heterocycles. The first-order chi connectivity index (χ1) is 12.1. The zero-order valence-electron chi connectivity index (χ0n) is 14.8. The minimum absolute atomic E-state index is 0.0871. The van der Waals surface area contributed by atoms with E-state index in [9.17, 15) is 4.79 Å². The van der Waals surface area contributed by atoms with Crippen molar-refractivity contribution in [2.45, 2.75) is 52.1 Å². The van der Waals surface area contributed by atoms with Gasteiger partial charge in [0, 0.05) is 35.3 Å². The van der Waals surface area contributed by atoms with E-state index in [0.717, 1.165) is 36.2 Å². The molecule has 0 radical (unpaired) electrons. The summed E-state index contributed by atoms with van der Waals surface area (Å²) in [5, 5.41) is 8.94. The lowest BCUT2D eigenvalue weighted by Crippen LogP contribution is -2.31. The van der Waals surface area contributed by atoms with E-state index in [-0.39, 0.29) is 11.9 Å². The Balaban J connectivity index is 1.46. The van der Waals surface area contributed by atoms with Crippen LogP contribution in [0.2, 0.25) is 0 Å². The summed E-state index contributed by atoms with van der Waals surface area (Å²) in [6.45, 7) is 4.62. The Morgan fingerprint density at radius 3 is 3.00 bits per heavy atom. The average molecular weight is 336 g/mol. The molecule has 0 spiro atoms. The Labute approximate surface area is 147 Å². The van der Waals surface area contributed by atoms with Gasteiger partial charge in [-0.05, 0) is 50.8 Å². The molecule has 25 heavy (non-hydrogen) atoms. The van der Waals surface area contributed by atoms with Gasteiger partial charge >= 0.3 is 0 Å². The molecule has 0 unspecified atom stereocenters. The topological polar surface area (TPSA) is 62.7 Å². The number of carbonyl (C=O) groups excluding carboxylic acids is 1. The number of benzene rings is 1. The van der Waals surface area contributed by atoms with Crippen LogP contribution in [0.4, 0.5) is 0 Å². The fourth-order valence-electron chi connectivity index (χ4n) is 3.93. The molecule has 0 fully saturated rings. The number of rotatable bonds is 4. The second-order valence-corrected chi connectivity index (χ2v) is 6.98. The molecule has 3 aromatic rings. The van der Waals surface area contributed by atoms with Crippen molar-refractivity contribution in [3.8, 4) is 0 Å². The van der Waals surface area contributed by atoms with Gasteiger partial charge in [0.25, 0.3) is 0 Å². The molecular weight excluding hydrogens is 312 g/mol. The predicted octanol–water partition coefficient (Wildman–Crippen LogP) is 3.57. The summed E-state index contributed by atoms with van der Waals surface area (Å²) < 4.78 is 1.91. The van der Waals surface area contributed by atoms with Crippen molar-refractivity contribution >= 4 is 16.8 Å². The standard InChI is InChI=1S/C20H24N4O/c1-13-12-14(2)24(23-13)11-10-19(25)21-18-9-5-7-16-15-6-3-4-8-17(15)22-20(16)18/h3-4,6,8,12,18,22H,5,7,9-11H2,1-2H3,(H,21,25)/t18-/m0/s1. The molecule has 5 heteroatoms. The maximum absolute atomic E-state index is 12.5. The Morgan fingerprint density at radius 2 is 2.20 bits per heavy atom. The first-order valence-electron chi connectivity index (χ1n) is 9.01. The molecule has 0 saturated carbocycles. The van der Waals surface area contributed by atoms with Gasteiger partial charge in [-0.1, -0.05) is 18.2 Å². The Kier molecular flexibility index (Phi) is 4.07. The number of amides is 1. The lowest BCUT2D eigenvalue weighted by atomic mass is 9.91. The number of aromatic nitrogens is 3. The number of hydrogen-bond acceptors (Lipinski definition) is 2. The lowest BCUT2D eigenvalue weighted by molar-refractivity contribution is -0.122. The SMILES string of the molecule is Cc1cc(C)n(CCC(=O)N[C@H]2CCCc3c2[nH]c2ccccc32)n1. The van der Waals surface area contributed by atoms with Crippen LogP contribution in [0.5, 0.6) is 0 Å². The van der Waals surface area contributed by atoms with E-state index < -0.39 is 0 Å². The van der Waals surface area contributed by atoms with Crippen LogP contribution in [-0.4, -0.2) is 20.7 Å². The maximum atomic E-state index is 12.5. The summed E-state index contributed by atoms with van der Waals surface area (Å²) in [6, 6.07) is 10.5. The van der Waals surface area contributed by atoms with Crippen LogP contribution in [0.15, 0.2) is 30.3 Å². The van der Waals surface area contributed by atoms with Gasteiger partial charge in [0.15, 0.2) is 0 Å². The highest BCUT2D eigenvalue weighted by Gasteiger charge is 2.25. The summed E-state index contributed by atoms with van der Waals surface area (Å²) in [5.74, 6) is 0.0871. The summed E-state index contributed by atoms with van der Waals surface area (Å²) in [4.78, 5) is 16.0. The zero-order chi connectivity index (χ0) is 17.4. The number of nitrogens with one attached hydrogen (secondary N) is 2. The largest absolute Gasteiger partial charge is 0.356 e. The van der Waals surface area contributed by atoms with Crippen LogP contribution in [0.25, 0.3) is 10.9 Å². The number of carbonyl (C=O) groups is 1. The van der Waals surface area contributed by atoms with Gasteiger partial charge in [-0.2, -0.15) is 5.10 Å². The molecule has 0 bridgehead atoms. The third-order valence-corrected chi connectivity index (χ3v) is 5.10. The first kappa shape index (κ1) is 15.9. The second kappa shape index (κ2) is 6.39. The minimum Gasteiger partial charge on any atom is -0.356 e. The van der Waals surface area contributed by atoms with Crippen molar-refractivity contribution in [1.29, 1.82) is 0 Å². The van der Waals surface area contributed by atoms with Crippen molar-refractivity contribution in [1.82, 2.24) is 20.1 Å². The molecule has 1 aliphatic rings. The fourth-order valence-corrected chi connectivity index (χ4v) is 3.93. The summed E-state index contributed by atoms with van der Waals surface area (Å²) in [7, 11) is 0. The van der Waals surface area contributed by atoms with Crippen molar-refractivity contribution in [2.24, 2.45) is 0 Å². The summed E-state index contributed by atoms with van der Waals surface area (Å²) in [5.41, 5.74) is 5.81. The van der Waals surface area contributed by atoms with E-state index >= 15 is 0 Å². The van der Waals surface area contributed by atoms with E-state index in [1.165, 1.54) is 16.6 Å². The number of H-pyrrole nitrogens is 1. The molecule has 2 N–H and O–H groups in total. The number of aryl methyl sites for hydroxylation is 4. The van der Waals surface area contributed by atoms with Crippen LogP contribution in [0.3, 0.4) is 0 Å². The summed E-state index contributed by atoms with van der Waals surface area (Å²) in [6.07, 6.45) is 3.63. The smallest absolute Gasteiger partial charge is 0.222 e. The van der Waals surface area contributed by atoms with E-state index in [4.69, 9.17) is 0 Å². The van der Waals surface area contributed by atoms with Crippen LogP contribution in [0, 0.1) is 13.8 Å². The van der Waals surface area contributed by atoms with Crippen LogP contribution < -0.4 is 5.32 Å². The van der Waals surface area contributed by atoms with Gasteiger partial charge in [-0.25, -0.2) is 0 Å². The highest BCUT2D eigenvalue weighted by molar-refractivity contribution is 5.85. The molecule has 130 valence electrons. The van der Waals surface area contributed by atoms with E-state index in [2.05, 4.69) is 33.6 Å². The molecule has 1 aliphatic carbocycles. The number of fused-ring (bicyclic) bond motifs is 3. The van der Waals surface area contributed by atoms with Gasteiger partial charge in [-0.3, -0.25) is 9.48 Å². The quantitative estimate of drug-likeness (QED) is 0.765. The van der Waals surface area contributed by atoms with Gasteiger partial charge in [0.05, 0.1) is 11.7 Å². The van der Waals surface area contributed by atoms with Crippen LogP contribution in [-0.2, 0) is 17.8 Å². The molecule has 1 atom stereocenters. The molecule has 5 nitrogen and oxygen atoms in total. The van der Waals surface area contributed by atoms with E-state index in [1.54, 1.807) is 0 Å². The number of aromatic amines is 1. The van der Waals surface area contributed by atoms with Crippen molar-refractivity contribution in [3.05, 3.63) is 53.0 Å². The molecule has 2 heterocycles. The summed E-state index contributed by atoms with van der Waals surface area (Å²) >= 11 is 0. The number of nitrogens with zero attached hydrogens (tertiary/aromatic N) is 2. The van der Waals surface area contributed by atoms with Crippen molar-refractivity contribution in [3.63, 3.8) is 0 Å². The van der Waals surface area contributed by atoms with Crippen LogP contribution >= 0.6 is 0 Å².